The lowest BCUT2D eigenvalue weighted by molar-refractivity contribution is -0.133. The maximum atomic E-state index is 13.5. The zero-order valence-electron chi connectivity index (χ0n) is 19.4. The number of aliphatic hydroxyl groups is 1. The van der Waals surface area contributed by atoms with Crippen molar-refractivity contribution in [1.29, 1.82) is 0 Å². The number of hydrogen-bond donors (Lipinski definition) is 1. The minimum Gasteiger partial charge on any atom is -0.390 e. The molecule has 8 atom stereocenters. The molecule has 1 N–H and O–H groups in total. The molecule has 0 bridgehead atoms. The molecule has 4 aliphatic rings. The molecular weight excluding hydrogens is 400 g/mol. The van der Waals surface area contributed by atoms with Crippen LogP contribution < -0.4 is 0 Å². The molecule has 6 nitrogen and oxygen atoms in total. The van der Waals surface area contributed by atoms with Crippen LogP contribution in [0.4, 0.5) is 0 Å². The van der Waals surface area contributed by atoms with Crippen LogP contribution in [-0.2, 0) is 11.3 Å². The number of ketones is 1. The Balaban J connectivity index is 1.18. The first-order chi connectivity index (χ1) is 15.3. The van der Waals surface area contributed by atoms with Crippen LogP contribution in [0, 0.1) is 40.9 Å². The first-order valence-electron chi connectivity index (χ1n) is 12.7. The number of fused-ring (bicyclic) bond motifs is 6. The lowest BCUT2D eigenvalue weighted by Gasteiger charge is -2.56. The van der Waals surface area contributed by atoms with E-state index >= 15 is 0 Å². The van der Waals surface area contributed by atoms with Crippen LogP contribution in [0.3, 0.4) is 0 Å². The SMILES string of the molecule is CC1(O)CCC2C(CCC3C2CCC2(C)C(C(=O)Cn4cc5cncnc5n4)CCC32)C1. The molecule has 2 aromatic heterocycles. The predicted molar refractivity (Wildman–Crippen MR) is 122 cm³/mol. The Morgan fingerprint density at radius 1 is 1.09 bits per heavy atom. The van der Waals surface area contributed by atoms with Crippen LogP contribution in [0.25, 0.3) is 11.0 Å². The Labute approximate surface area is 190 Å². The van der Waals surface area contributed by atoms with E-state index in [4.69, 9.17) is 0 Å². The van der Waals surface area contributed by atoms with Gasteiger partial charge < -0.3 is 5.11 Å². The Kier molecular flexibility index (Phi) is 4.76. The number of hydrogen-bond acceptors (Lipinski definition) is 5. The molecule has 0 saturated heterocycles. The van der Waals surface area contributed by atoms with E-state index in [0.29, 0.717) is 29.8 Å². The lowest BCUT2D eigenvalue weighted by Crippen LogP contribution is -2.51. The van der Waals surface area contributed by atoms with E-state index < -0.39 is 5.60 Å². The van der Waals surface area contributed by atoms with Crippen molar-refractivity contribution in [3.8, 4) is 0 Å². The van der Waals surface area contributed by atoms with E-state index in [-0.39, 0.29) is 11.3 Å². The summed E-state index contributed by atoms with van der Waals surface area (Å²) in [6.07, 6.45) is 15.6. The fourth-order valence-electron chi connectivity index (χ4n) is 8.78. The minimum absolute atomic E-state index is 0.137. The van der Waals surface area contributed by atoms with Gasteiger partial charge in [0, 0.05) is 18.3 Å². The van der Waals surface area contributed by atoms with Gasteiger partial charge >= 0.3 is 0 Å². The van der Waals surface area contributed by atoms with Gasteiger partial charge in [0.05, 0.1) is 17.5 Å². The van der Waals surface area contributed by atoms with Gasteiger partial charge in [-0.25, -0.2) is 9.97 Å². The van der Waals surface area contributed by atoms with Crippen LogP contribution in [0.2, 0.25) is 0 Å². The number of rotatable bonds is 3. The van der Waals surface area contributed by atoms with Crippen molar-refractivity contribution in [1.82, 2.24) is 19.7 Å². The highest BCUT2D eigenvalue weighted by molar-refractivity contribution is 5.82. The molecule has 4 fully saturated rings. The lowest BCUT2D eigenvalue weighted by atomic mass is 9.49. The molecule has 0 aromatic carbocycles. The highest BCUT2D eigenvalue weighted by atomic mass is 16.3. The zero-order valence-corrected chi connectivity index (χ0v) is 19.4. The number of nitrogens with zero attached hydrogens (tertiary/aromatic N) is 4. The zero-order chi connectivity index (χ0) is 22.1. The molecule has 32 heavy (non-hydrogen) atoms. The Morgan fingerprint density at radius 2 is 1.94 bits per heavy atom. The van der Waals surface area contributed by atoms with Gasteiger partial charge in [-0.1, -0.05) is 6.92 Å². The third-order valence-electron chi connectivity index (χ3n) is 10.2. The summed E-state index contributed by atoms with van der Waals surface area (Å²) in [6, 6.07) is 0. The molecule has 172 valence electrons. The van der Waals surface area contributed by atoms with Gasteiger partial charge in [-0.05, 0) is 99.7 Å². The largest absolute Gasteiger partial charge is 0.390 e. The summed E-state index contributed by atoms with van der Waals surface area (Å²) in [5, 5.41) is 16.0. The molecule has 4 saturated carbocycles. The smallest absolute Gasteiger partial charge is 0.184 e. The van der Waals surface area contributed by atoms with Gasteiger partial charge in [0.2, 0.25) is 0 Å². The maximum absolute atomic E-state index is 13.5. The van der Waals surface area contributed by atoms with Crippen LogP contribution in [0.5, 0.6) is 0 Å². The topological polar surface area (TPSA) is 80.9 Å². The highest BCUT2D eigenvalue weighted by Crippen LogP contribution is 2.64. The Morgan fingerprint density at radius 3 is 2.78 bits per heavy atom. The van der Waals surface area contributed by atoms with Gasteiger partial charge in [0.15, 0.2) is 11.4 Å². The number of aromatic nitrogens is 4. The van der Waals surface area contributed by atoms with Crippen molar-refractivity contribution < 1.29 is 9.90 Å². The molecule has 0 aliphatic heterocycles. The van der Waals surface area contributed by atoms with Gasteiger partial charge in [0.25, 0.3) is 0 Å². The van der Waals surface area contributed by atoms with Crippen molar-refractivity contribution in [2.75, 3.05) is 0 Å². The van der Waals surface area contributed by atoms with E-state index in [2.05, 4.69) is 22.0 Å². The molecule has 6 rings (SSSR count). The molecular formula is C26H36N4O2. The third kappa shape index (κ3) is 3.24. The standard InChI is InChI=1S/C26H36N4O2/c1-25(32)9-7-18-16(11-25)3-4-20-19(18)8-10-26(2)21(20)5-6-22(26)23(31)14-30-13-17-12-27-15-28-24(17)29-30/h12-13,15-16,18-22,32H,3-11,14H2,1-2H3. The average Bonchev–Trinajstić information content (AvgIpc) is 3.32. The van der Waals surface area contributed by atoms with E-state index in [9.17, 15) is 9.90 Å². The van der Waals surface area contributed by atoms with E-state index in [1.165, 1.54) is 44.9 Å². The summed E-state index contributed by atoms with van der Waals surface area (Å²) in [6.45, 7) is 4.80. The first-order valence-corrected chi connectivity index (χ1v) is 12.7. The third-order valence-corrected chi connectivity index (χ3v) is 10.2. The van der Waals surface area contributed by atoms with Gasteiger partial charge in [-0.15, -0.1) is 0 Å². The molecule has 0 spiro atoms. The molecule has 4 aliphatic carbocycles. The molecule has 2 aromatic rings. The predicted octanol–water partition coefficient (Wildman–Crippen LogP) is 4.42. The minimum atomic E-state index is -0.453. The summed E-state index contributed by atoms with van der Waals surface area (Å²) in [5.74, 6) is 4.27. The van der Waals surface area contributed by atoms with Crippen molar-refractivity contribution >= 4 is 16.8 Å². The van der Waals surface area contributed by atoms with Crippen LogP contribution in [0.15, 0.2) is 18.7 Å². The second-order valence-corrected chi connectivity index (χ2v) is 11.9. The summed E-state index contributed by atoms with van der Waals surface area (Å²) in [7, 11) is 0. The van der Waals surface area contributed by atoms with Gasteiger partial charge in [-0.2, -0.15) is 5.10 Å². The van der Waals surface area contributed by atoms with Crippen molar-refractivity contribution in [3.05, 3.63) is 18.7 Å². The Bertz CT molecular complexity index is 999. The monoisotopic (exact) mass is 436 g/mol. The molecule has 8 unspecified atom stereocenters. The summed E-state index contributed by atoms with van der Waals surface area (Å²) >= 11 is 0. The Hall–Kier alpha value is -1.82. The second kappa shape index (κ2) is 7.34. The van der Waals surface area contributed by atoms with E-state index in [0.717, 1.165) is 42.4 Å². The number of carbonyl (C=O) groups is 1. The fraction of sp³-hybridized carbons (Fsp3) is 0.769. The van der Waals surface area contributed by atoms with E-state index in [1.807, 2.05) is 13.1 Å². The normalized spacial score (nSPS) is 43.5. The van der Waals surface area contributed by atoms with Crippen molar-refractivity contribution in [2.24, 2.45) is 40.9 Å². The quantitative estimate of drug-likeness (QED) is 0.771. The van der Waals surface area contributed by atoms with Crippen molar-refractivity contribution in [3.63, 3.8) is 0 Å². The van der Waals surface area contributed by atoms with Gasteiger partial charge in [0.1, 0.15) is 6.33 Å². The van der Waals surface area contributed by atoms with E-state index in [1.54, 1.807) is 10.9 Å². The average molecular weight is 437 g/mol. The summed E-state index contributed by atoms with van der Waals surface area (Å²) in [5.41, 5.74) is 0.342. The van der Waals surface area contributed by atoms with Gasteiger partial charge in [-0.3, -0.25) is 9.48 Å². The molecule has 6 heteroatoms. The highest BCUT2D eigenvalue weighted by Gasteiger charge is 2.58. The number of carbonyl (C=O) groups excluding carboxylic acids is 1. The second-order valence-electron chi connectivity index (χ2n) is 11.9. The summed E-state index contributed by atoms with van der Waals surface area (Å²) in [4.78, 5) is 21.7. The van der Waals surface area contributed by atoms with Crippen LogP contribution in [0.1, 0.15) is 71.6 Å². The molecule has 2 heterocycles. The first kappa shape index (κ1) is 20.8. The summed E-state index contributed by atoms with van der Waals surface area (Å²) < 4.78 is 1.77. The van der Waals surface area contributed by atoms with Crippen LogP contribution in [-0.4, -0.2) is 36.2 Å². The number of Topliss-reactive ketones (excluding diaryl/α,β-unsaturated/α-hetero) is 1. The maximum Gasteiger partial charge on any atom is 0.184 e. The van der Waals surface area contributed by atoms with Crippen molar-refractivity contribution in [2.45, 2.75) is 83.8 Å². The molecule has 0 radical (unpaired) electrons. The molecule has 0 amide bonds. The van der Waals surface area contributed by atoms with Crippen LogP contribution >= 0.6 is 0 Å². The fourth-order valence-corrected chi connectivity index (χ4v) is 8.78.